The summed E-state index contributed by atoms with van der Waals surface area (Å²) in [5.41, 5.74) is 3.40. The molecule has 0 aliphatic heterocycles. The third kappa shape index (κ3) is 5.56. The Morgan fingerprint density at radius 1 is 0.857 bits per heavy atom. The van der Waals surface area contributed by atoms with E-state index in [2.05, 4.69) is 36.2 Å². The number of benzene rings is 3. The van der Waals surface area contributed by atoms with Gasteiger partial charge in [0.1, 0.15) is 18.5 Å². The molecule has 0 spiro atoms. The number of aliphatic hydroxyl groups excluding tert-OH is 1. The van der Waals surface area contributed by atoms with E-state index < -0.39 is 6.10 Å². The third-order valence-corrected chi connectivity index (χ3v) is 4.59. The Morgan fingerprint density at radius 3 is 2.04 bits per heavy atom. The second kappa shape index (κ2) is 10.5. The lowest BCUT2D eigenvalue weighted by Gasteiger charge is -2.22. The summed E-state index contributed by atoms with van der Waals surface area (Å²) in [5, 5.41) is 13.9. The minimum Gasteiger partial charge on any atom is -0.491 e. The van der Waals surface area contributed by atoms with Crippen molar-refractivity contribution in [1.82, 2.24) is 5.32 Å². The van der Waals surface area contributed by atoms with E-state index in [1.807, 2.05) is 66.7 Å². The van der Waals surface area contributed by atoms with Gasteiger partial charge < -0.3 is 15.2 Å². The smallest absolute Gasteiger partial charge is 0.122 e. The highest BCUT2D eigenvalue weighted by atomic mass is 16.5. The number of aliphatic hydroxyl groups is 1. The molecule has 0 radical (unpaired) electrons. The maximum Gasteiger partial charge on any atom is 0.122 e. The van der Waals surface area contributed by atoms with E-state index in [1.165, 1.54) is 0 Å². The Hall–Kier alpha value is -2.88. The lowest BCUT2D eigenvalue weighted by molar-refractivity contribution is 0.104. The van der Waals surface area contributed by atoms with Gasteiger partial charge in [-0.25, -0.2) is 0 Å². The monoisotopic (exact) mass is 373 g/mol. The van der Waals surface area contributed by atoms with Crippen molar-refractivity contribution in [2.75, 3.05) is 13.2 Å². The molecular formula is C25H27NO2. The van der Waals surface area contributed by atoms with Gasteiger partial charge in [0, 0.05) is 6.54 Å². The van der Waals surface area contributed by atoms with Gasteiger partial charge in [0.25, 0.3) is 0 Å². The first-order valence-corrected chi connectivity index (χ1v) is 9.61. The number of ether oxygens (including phenoxy) is 1. The molecule has 1 atom stereocenters. The summed E-state index contributed by atoms with van der Waals surface area (Å²) in [5.74, 6) is 0.795. The lowest BCUT2D eigenvalue weighted by atomic mass is 9.98. The van der Waals surface area contributed by atoms with Gasteiger partial charge in [-0.05, 0) is 29.2 Å². The number of nitrogens with one attached hydrogen (secondary N) is 1. The quantitative estimate of drug-likeness (QED) is 0.513. The van der Waals surface area contributed by atoms with Gasteiger partial charge in [-0.15, -0.1) is 6.58 Å². The molecule has 2 N–H and O–H groups in total. The Labute approximate surface area is 167 Å². The summed E-state index contributed by atoms with van der Waals surface area (Å²) >= 11 is 0. The predicted molar refractivity (Wildman–Crippen MR) is 115 cm³/mol. The van der Waals surface area contributed by atoms with Crippen LogP contribution in [0.3, 0.4) is 0 Å². The van der Waals surface area contributed by atoms with E-state index in [1.54, 1.807) is 0 Å². The molecule has 28 heavy (non-hydrogen) atoms. The number of para-hydroxylation sites is 1. The highest BCUT2D eigenvalue weighted by molar-refractivity contribution is 5.35. The molecule has 3 aromatic carbocycles. The molecule has 0 bridgehead atoms. The molecule has 0 aromatic heterocycles. The topological polar surface area (TPSA) is 41.5 Å². The maximum atomic E-state index is 10.5. The molecule has 3 nitrogen and oxygen atoms in total. The van der Waals surface area contributed by atoms with E-state index in [-0.39, 0.29) is 12.6 Å². The molecule has 1 unspecified atom stereocenters. The van der Waals surface area contributed by atoms with Gasteiger partial charge in [0.05, 0.1) is 6.04 Å². The zero-order valence-electron chi connectivity index (χ0n) is 16.0. The van der Waals surface area contributed by atoms with Gasteiger partial charge in [0.15, 0.2) is 0 Å². The third-order valence-electron chi connectivity index (χ3n) is 4.59. The molecule has 0 fully saturated rings. The number of hydrogen-bond donors (Lipinski definition) is 2. The number of allylic oxidation sites excluding steroid dienone is 1. The van der Waals surface area contributed by atoms with Gasteiger partial charge in [0.2, 0.25) is 0 Å². The largest absolute Gasteiger partial charge is 0.491 e. The molecule has 0 aliphatic carbocycles. The Bertz CT molecular complexity index is 809. The van der Waals surface area contributed by atoms with Crippen molar-refractivity contribution in [2.24, 2.45) is 0 Å². The van der Waals surface area contributed by atoms with Crippen LogP contribution in [0.15, 0.2) is 97.6 Å². The fourth-order valence-electron chi connectivity index (χ4n) is 3.19. The molecule has 0 amide bonds. The first-order chi connectivity index (χ1) is 13.8. The summed E-state index contributed by atoms with van der Waals surface area (Å²) in [6.45, 7) is 4.45. The van der Waals surface area contributed by atoms with Gasteiger partial charge in [-0.3, -0.25) is 0 Å². The molecule has 0 saturated heterocycles. The zero-order chi connectivity index (χ0) is 19.6. The second-order valence-electron chi connectivity index (χ2n) is 6.73. The minimum atomic E-state index is -0.619. The van der Waals surface area contributed by atoms with Crippen molar-refractivity contribution in [3.8, 4) is 5.75 Å². The highest BCUT2D eigenvalue weighted by Crippen LogP contribution is 2.22. The Morgan fingerprint density at radius 2 is 1.43 bits per heavy atom. The zero-order valence-corrected chi connectivity index (χ0v) is 16.0. The lowest BCUT2D eigenvalue weighted by Crippen LogP contribution is -2.34. The number of hydrogen-bond acceptors (Lipinski definition) is 3. The van der Waals surface area contributed by atoms with Crippen molar-refractivity contribution in [3.05, 3.63) is 114 Å². The van der Waals surface area contributed by atoms with E-state index in [0.717, 1.165) is 28.9 Å². The summed E-state index contributed by atoms with van der Waals surface area (Å²) < 4.78 is 5.86. The van der Waals surface area contributed by atoms with Crippen molar-refractivity contribution < 1.29 is 9.84 Å². The van der Waals surface area contributed by atoms with Crippen LogP contribution in [0, 0.1) is 0 Å². The SMILES string of the molecule is C=CCc1ccccc1OCC(O)CNC(c1ccccc1)c1ccccc1. The first kappa shape index (κ1) is 19.9. The van der Waals surface area contributed by atoms with Crippen LogP contribution in [0.5, 0.6) is 5.75 Å². The molecule has 3 rings (SSSR count). The molecule has 144 valence electrons. The fraction of sp³-hybridized carbons (Fsp3) is 0.200. The Balaban J connectivity index is 1.61. The van der Waals surface area contributed by atoms with E-state index in [4.69, 9.17) is 4.74 Å². The van der Waals surface area contributed by atoms with Crippen LogP contribution in [-0.2, 0) is 6.42 Å². The van der Waals surface area contributed by atoms with Crippen molar-refractivity contribution >= 4 is 0 Å². The Kier molecular flexibility index (Phi) is 7.42. The van der Waals surface area contributed by atoms with Crippen LogP contribution in [0.4, 0.5) is 0 Å². The van der Waals surface area contributed by atoms with Crippen molar-refractivity contribution in [3.63, 3.8) is 0 Å². The van der Waals surface area contributed by atoms with Crippen LogP contribution < -0.4 is 10.1 Å². The van der Waals surface area contributed by atoms with Gasteiger partial charge in [-0.2, -0.15) is 0 Å². The molecule has 0 saturated carbocycles. The van der Waals surface area contributed by atoms with E-state index >= 15 is 0 Å². The second-order valence-corrected chi connectivity index (χ2v) is 6.73. The van der Waals surface area contributed by atoms with Crippen molar-refractivity contribution in [1.29, 1.82) is 0 Å². The van der Waals surface area contributed by atoms with Crippen LogP contribution in [0.1, 0.15) is 22.7 Å². The average Bonchev–Trinajstić information content (AvgIpc) is 2.75. The molecule has 3 aromatic rings. The fourth-order valence-corrected chi connectivity index (χ4v) is 3.19. The number of rotatable bonds is 10. The van der Waals surface area contributed by atoms with Crippen LogP contribution in [0.2, 0.25) is 0 Å². The van der Waals surface area contributed by atoms with Crippen LogP contribution in [0.25, 0.3) is 0 Å². The van der Waals surface area contributed by atoms with Crippen LogP contribution in [-0.4, -0.2) is 24.4 Å². The summed E-state index contributed by atoms with van der Waals surface area (Å²) in [6, 6.07) is 28.4. The molecular weight excluding hydrogens is 346 g/mol. The molecule has 3 heteroatoms. The van der Waals surface area contributed by atoms with Crippen molar-refractivity contribution in [2.45, 2.75) is 18.6 Å². The molecule has 0 heterocycles. The maximum absolute atomic E-state index is 10.5. The normalized spacial score (nSPS) is 11.9. The van der Waals surface area contributed by atoms with Gasteiger partial charge >= 0.3 is 0 Å². The minimum absolute atomic E-state index is 0.0186. The first-order valence-electron chi connectivity index (χ1n) is 9.61. The highest BCUT2D eigenvalue weighted by Gasteiger charge is 2.15. The average molecular weight is 373 g/mol. The van der Waals surface area contributed by atoms with E-state index in [9.17, 15) is 5.11 Å². The van der Waals surface area contributed by atoms with Crippen LogP contribution >= 0.6 is 0 Å². The predicted octanol–water partition coefficient (Wildman–Crippen LogP) is 4.53. The van der Waals surface area contributed by atoms with E-state index in [0.29, 0.717) is 6.54 Å². The van der Waals surface area contributed by atoms with Gasteiger partial charge in [-0.1, -0.05) is 84.9 Å². The summed E-state index contributed by atoms with van der Waals surface area (Å²) in [4.78, 5) is 0. The summed E-state index contributed by atoms with van der Waals surface area (Å²) in [7, 11) is 0. The molecule has 0 aliphatic rings. The standard InChI is InChI=1S/C25H27NO2/c1-2-11-20-12-9-10-17-24(20)28-19-23(27)18-26-25(21-13-5-3-6-14-21)22-15-7-4-8-16-22/h2-10,12-17,23,25-27H,1,11,18-19H2. The summed E-state index contributed by atoms with van der Waals surface area (Å²) in [6.07, 6.45) is 1.98.